The molecule has 84 valence electrons. The first kappa shape index (κ1) is 11.0. The fraction of sp³-hybridized carbons (Fsp3) is 0.667. The molecular formula is C12H19ClN2. The number of hydrogen-bond acceptors (Lipinski definition) is 1. The SMILES string of the molecule is CC1CCCC1NCc1cc(Cl)cn1C. The van der Waals surface area contributed by atoms with E-state index in [4.69, 9.17) is 11.6 Å². The van der Waals surface area contributed by atoms with E-state index in [0.29, 0.717) is 6.04 Å². The van der Waals surface area contributed by atoms with E-state index < -0.39 is 0 Å². The molecule has 1 heterocycles. The summed E-state index contributed by atoms with van der Waals surface area (Å²) >= 11 is 5.94. The summed E-state index contributed by atoms with van der Waals surface area (Å²) in [6, 6.07) is 2.73. The highest BCUT2D eigenvalue weighted by molar-refractivity contribution is 6.30. The predicted molar refractivity (Wildman–Crippen MR) is 64.1 cm³/mol. The molecule has 3 heteroatoms. The van der Waals surface area contributed by atoms with Crippen molar-refractivity contribution in [3.8, 4) is 0 Å². The first-order chi connectivity index (χ1) is 7.16. The maximum atomic E-state index is 5.94. The molecule has 1 N–H and O–H groups in total. The number of hydrogen-bond donors (Lipinski definition) is 1. The van der Waals surface area contributed by atoms with E-state index in [2.05, 4.69) is 16.8 Å². The van der Waals surface area contributed by atoms with E-state index in [1.54, 1.807) is 0 Å². The third-order valence-corrected chi connectivity index (χ3v) is 3.69. The molecule has 1 aromatic heterocycles. The zero-order chi connectivity index (χ0) is 10.8. The van der Waals surface area contributed by atoms with Gasteiger partial charge in [0.1, 0.15) is 0 Å². The number of aryl methyl sites for hydroxylation is 1. The molecule has 1 aliphatic carbocycles. The summed E-state index contributed by atoms with van der Waals surface area (Å²) in [4.78, 5) is 0. The normalized spacial score (nSPS) is 26.1. The lowest BCUT2D eigenvalue weighted by atomic mass is 10.1. The van der Waals surface area contributed by atoms with Crippen molar-refractivity contribution in [3.05, 3.63) is 23.0 Å². The van der Waals surface area contributed by atoms with Crippen LogP contribution in [0.15, 0.2) is 12.3 Å². The first-order valence-corrected chi connectivity index (χ1v) is 6.08. The van der Waals surface area contributed by atoms with Gasteiger partial charge in [0.15, 0.2) is 0 Å². The Kier molecular flexibility index (Phi) is 3.37. The van der Waals surface area contributed by atoms with Gasteiger partial charge in [-0.05, 0) is 24.8 Å². The predicted octanol–water partition coefficient (Wildman–Crippen LogP) is 2.96. The molecule has 1 fully saturated rings. The average Bonchev–Trinajstić information content (AvgIpc) is 2.70. The molecule has 2 atom stereocenters. The molecule has 1 aliphatic rings. The van der Waals surface area contributed by atoms with Crippen LogP contribution < -0.4 is 5.32 Å². The van der Waals surface area contributed by atoms with Gasteiger partial charge in [0.05, 0.1) is 5.02 Å². The summed E-state index contributed by atoms with van der Waals surface area (Å²) in [7, 11) is 2.04. The van der Waals surface area contributed by atoms with Crippen LogP contribution in [0.3, 0.4) is 0 Å². The quantitative estimate of drug-likeness (QED) is 0.839. The molecule has 0 saturated heterocycles. The molecule has 0 aromatic carbocycles. The lowest BCUT2D eigenvalue weighted by molar-refractivity contribution is 0.421. The van der Waals surface area contributed by atoms with Crippen LogP contribution in [-0.2, 0) is 13.6 Å². The molecule has 2 rings (SSSR count). The summed E-state index contributed by atoms with van der Waals surface area (Å²) < 4.78 is 2.09. The Morgan fingerprint density at radius 1 is 1.53 bits per heavy atom. The lowest BCUT2D eigenvalue weighted by Crippen LogP contribution is -2.31. The highest BCUT2D eigenvalue weighted by Crippen LogP contribution is 2.25. The van der Waals surface area contributed by atoms with Gasteiger partial charge in [-0.2, -0.15) is 0 Å². The van der Waals surface area contributed by atoms with Crippen molar-refractivity contribution in [2.75, 3.05) is 0 Å². The second-order valence-corrected chi connectivity index (χ2v) is 5.09. The molecule has 0 bridgehead atoms. The van der Waals surface area contributed by atoms with E-state index in [-0.39, 0.29) is 0 Å². The van der Waals surface area contributed by atoms with Crippen molar-refractivity contribution < 1.29 is 0 Å². The van der Waals surface area contributed by atoms with Gasteiger partial charge in [0.25, 0.3) is 0 Å². The van der Waals surface area contributed by atoms with Gasteiger partial charge in [0.2, 0.25) is 0 Å². The fourth-order valence-corrected chi connectivity index (χ4v) is 2.70. The number of nitrogens with zero attached hydrogens (tertiary/aromatic N) is 1. The average molecular weight is 227 g/mol. The van der Waals surface area contributed by atoms with E-state index in [1.807, 2.05) is 19.3 Å². The van der Waals surface area contributed by atoms with Crippen molar-refractivity contribution in [1.29, 1.82) is 0 Å². The smallest absolute Gasteiger partial charge is 0.0585 e. The van der Waals surface area contributed by atoms with Crippen molar-refractivity contribution in [1.82, 2.24) is 9.88 Å². The summed E-state index contributed by atoms with van der Waals surface area (Å²) in [5.41, 5.74) is 1.26. The van der Waals surface area contributed by atoms with E-state index in [0.717, 1.165) is 17.5 Å². The number of aromatic nitrogens is 1. The van der Waals surface area contributed by atoms with E-state index >= 15 is 0 Å². The van der Waals surface area contributed by atoms with Gasteiger partial charge in [0, 0.05) is 31.5 Å². The molecule has 0 amide bonds. The number of nitrogens with one attached hydrogen (secondary N) is 1. The summed E-state index contributed by atoms with van der Waals surface area (Å²) in [5, 5.41) is 4.45. The molecule has 1 saturated carbocycles. The minimum absolute atomic E-state index is 0.693. The molecule has 2 unspecified atom stereocenters. The zero-order valence-corrected chi connectivity index (χ0v) is 10.2. The van der Waals surface area contributed by atoms with Gasteiger partial charge < -0.3 is 9.88 Å². The molecule has 2 nitrogen and oxygen atoms in total. The second kappa shape index (κ2) is 4.58. The molecule has 0 aliphatic heterocycles. The van der Waals surface area contributed by atoms with Crippen LogP contribution in [0.5, 0.6) is 0 Å². The van der Waals surface area contributed by atoms with E-state index in [1.165, 1.54) is 25.0 Å². The lowest BCUT2D eigenvalue weighted by Gasteiger charge is -2.17. The van der Waals surface area contributed by atoms with Crippen LogP contribution in [0.1, 0.15) is 31.9 Å². The third kappa shape index (κ3) is 2.56. The Morgan fingerprint density at radius 3 is 2.87 bits per heavy atom. The largest absolute Gasteiger partial charge is 0.352 e. The third-order valence-electron chi connectivity index (χ3n) is 3.48. The monoisotopic (exact) mass is 226 g/mol. The van der Waals surface area contributed by atoms with Gasteiger partial charge in [-0.25, -0.2) is 0 Å². The maximum absolute atomic E-state index is 5.94. The first-order valence-electron chi connectivity index (χ1n) is 5.71. The number of rotatable bonds is 3. The van der Waals surface area contributed by atoms with Crippen LogP contribution in [0.25, 0.3) is 0 Å². The van der Waals surface area contributed by atoms with Crippen LogP contribution in [0.2, 0.25) is 5.02 Å². The number of halogens is 1. The highest BCUT2D eigenvalue weighted by Gasteiger charge is 2.22. The van der Waals surface area contributed by atoms with Gasteiger partial charge >= 0.3 is 0 Å². The molecule has 1 aromatic rings. The van der Waals surface area contributed by atoms with Crippen molar-refractivity contribution in [2.45, 2.75) is 38.8 Å². The van der Waals surface area contributed by atoms with Crippen LogP contribution in [0, 0.1) is 5.92 Å². The van der Waals surface area contributed by atoms with Crippen molar-refractivity contribution in [2.24, 2.45) is 13.0 Å². The zero-order valence-electron chi connectivity index (χ0n) is 9.46. The summed E-state index contributed by atoms with van der Waals surface area (Å²) in [6.45, 7) is 3.26. The van der Waals surface area contributed by atoms with E-state index in [9.17, 15) is 0 Å². The van der Waals surface area contributed by atoms with Crippen molar-refractivity contribution >= 4 is 11.6 Å². The van der Waals surface area contributed by atoms with Gasteiger partial charge in [-0.15, -0.1) is 0 Å². The minimum Gasteiger partial charge on any atom is -0.352 e. The Balaban J connectivity index is 1.90. The summed E-state index contributed by atoms with van der Waals surface area (Å²) in [6.07, 6.45) is 6.01. The Labute approximate surface area is 96.6 Å². The Hall–Kier alpha value is -0.470. The van der Waals surface area contributed by atoms with Crippen LogP contribution in [-0.4, -0.2) is 10.6 Å². The molecule has 15 heavy (non-hydrogen) atoms. The standard InChI is InChI=1S/C12H19ClN2/c1-9-4-3-5-12(9)14-7-11-6-10(13)8-15(11)2/h6,8-9,12,14H,3-5,7H2,1-2H3. The summed E-state index contributed by atoms with van der Waals surface area (Å²) in [5.74, 6) is 0.820. The highest BCUT2D eigenvalue weighted by atomic mass is 35.5. The Bertz CT molecular complexity index is 332. The second-order valence-electron chi connectivity index (χ2n) is 4.66. The Morgan fingerprint density at radius 2 is 2.33 bits per heavy atom. The van der Waals surface area contributed by atoms with Gasteiger partial charge in [-0.1, -0.05) is 24.9 Å². The topological polar surface area (TPSA) is 17.0 Å². The maximum Gasteiger partial charge on any atom is 0.0585 e. The molecule has 0 spiro atoms. The molecular weight excluding hydrogens is 208 g/mol. The molecule has 0 radical (unpaired) electrons. The van der Waals surface area contributed by atoms with Crippen molar-refractivity contribution in [3.63, 3.8) is 0 Å². The van der Waals surface area contributed by atoms with Crippen LogP contribution in [0.4, 0.5) is 0 Å². The minimum atomic E-state index is 0.693. The van der Waals surface area contributed by atoms with Gasteiger partial charge in [-0.3, -0.25) is 0 Å². The van der Waals surface area contributed by atoms with Crippen LogP contribution >= 0.6 is 11.6 Å². The fourth-order valence-electron chi connectivity index (χ4n) is 2.43.